The van der Waals surface area contributed by atoms with Crippen LogP contribution in [-0.4, -0.2) is 17.9 Å². The fraction of sp³-hybridized carbons (Fsp3) is 0.176. The third-order valence-corrected chi connectivity index (χ3v) is 4.32. The van der Waals surface area contributed by atoms with Crippen molar-refractivity contribution in [3.05, 3.63) is 69.2 Å². The molecule has 4 heteroatoms. The van der Waals surface area contributed by atoms with Crippen molar-refractivity contribution in [3.63, 3.8) is 0 Å². The van der Waals surface area contributed by atoms with Crippen LogP contribution in [0.25, 0.3) is 0 Å². The highest BCUT2D eigenvalue weighted by Crippen LogP contribution is 2.22. The van der Waals surface area contributed by atoms with E-state index in [0.717, 1.165) is 15.6 Å². The van der Waals surface area contributed by atoms with Crippen molar-refractivity contribution in [2.24, 2.45) is 0 Å². The van der Waals surface area contributed by atoms with Crippen LogP contribution in [0.2, 0.25) is 0 Å². The molecule has 0 saturated carbocycles. The maximum atomic E-state index is 12.5. The number of carbonyl (C=O) groups excluding carboxylic acids is 1. The van der Waals surface area contributed by atoms with E-state index in [1.54, 1.807) is 24.1 Å². The van der Waals surface area contributed by atoms with E-state index in [2.05, 4.69) is 22.0 Å². The van der Waals surface area contributed by atoms with Gasteiger partial charge in [-0.1, -0.05) is 24.3 Å². The van der Waals surface area contributed by atoms with Crippen molar-refractivity contribution in [2.75, 3.05) is 7.05 Å². The lowest BCUT2D eigenvalue weighted by Crippen LogP contribution is -2.26. The minimum Gasteiger partial charge on any atom is -0.337 e. The fourth-order valence-corrected chi connectivity index (χ4v) is 2.48. The molecule has 1 amide bonds. The van der Waals surface area contributed by atoms with Crippen LogP contribution in [0.15, 0.2) is 46.9 Å². The maximum Gasteiger partial charge on any atom is 0.255 e. The summed E-state index contributed by atoms with van der Waals surface area (Å²) in [6.45, 7) is 2.46. The summed E-state index contributed by atoms with van der Waals surface area (Å²) in [5.41, 5.74) is 3.31. The Hall–Kier alpha value is -2.12. The molecule has 2 aromatic rings. The first-order chi connectivity index (χ1) is 10.0. The molecule has 3 nitrogen and oxygen atoms in total. The molecule has 0 bridgehead atoms. The van der Waals surface area contributed by atoms with E-state index in [4.69, 9.17) is 5.26 Å². The number of hydrogen-bond acceptors (Lipinski definition) is 2. The number of halogens is 1. The molecule has 106 valence electrons. The van der Waals surface area contributed by atoms with Crippen LogP contribution in [0.4, 0.5) is 0 Å². The standard InChI is InChI=1S/C17H15BrN2O/c1-12-4-3-5-15(16(12)18)17(21)20(2)11-14-8-6-13(10-19)7-9-14/h3-9H,11H2,1-2H3. The highest BCUT2D eigenvalue weighted by molar-refractivity contribution is 9.10. The van der Waals surface area contributed by atoms with Crippen LogP contribution in [0.1, 0.15) is 27.0 Å². The Kier molecular flexibility index (Phi) is 4.77. The number of nitrogens with zero attached hydrogens (tertiary/aromatic N) is 2. The molecule has 0 aliphatic heterocycles. The summed E-state index contributed by atoms with van der Waals surface area (Å²) in [7, 11) is 1.77. The van der Waals surface area contributed by atoms with Crippen LogP contribution in [0.3, 0.4) is 0 Å². The number of amides is 1. The number of aryl methyl sites for hydroxylation is 1. The summed E-state index contributed by atoms with van der Waals surface area (Å²) in [5, 5.41) is 8.78. The van der Waals surface area contributed by atoms with Gasteiger partial charge < -0.3 is 4.90 Å². The van der Waals surface area contributed by atoms with Crippen molar-refractivity contribution in [2.45, 2.75) is 13.5 Å². The second-order valence-corrected chi connectivity index (χ2v) is 5.70. The van der Waals surface area contributed by atoms with Crippen molar-refractivity contribution < 1.29 is 4.79 Å². The highest BCUT2D eigenvalue weighted by Gasteiger charge is 2.15. The predicted octanol–water partition coefficient (Wildman–Crippen LogP) is 3.90. The largest absolute Gasteiger partial charge is 0.337 e. The molecular weight excluding hydrogens is 328 g/mol. The minimum absolute atomic E-state index is 0.0325. The van der Waals surface area contributed by atoms with Gasteiger partial charge in [0.25, 0.3) is 5.91 Å². The van der Waals surface area contributed by atoms with Crippen LogP contribution in [-0.2, 0) is 6.54 Å². The Labute approximate surface area is 132 Å². The van der Waals surface area contributed by atoms with E-state index >= 15 is 0 Å². The molecule has 0 fully saturated rings. The van der Waals surface area contributed by atoms with Gasteiger partial charge in [-0.3, -0.25) is 4.79 Å². The molecule has 0 spiro atoms. The van der Waals surface area contributed by atoms with Gasteiger partial charge in [0, 0.05) is 18.1 Å². The van der Waals surface area contributed by atoms with Gasteiger partial charge in [-0.2, -0.15) is 5.26 Å². The number of hydrogen-bond donors (Lipinski definition) is 0. The van der Waals surface area contributed by atoms with Gasteiger partial charge in [-0.15, -0.1) is 0 Å². The molecular formula is C17H15BrN2O. The molecule has 0 aromatic heterocycles. The SMILES string of the molecule is Cc1cccc(C(=O)N(C)Cc2ccc(C#N)cc2)c1Br. The molecule has 2 aromatic carbocycles. The van der Waals surface area contributed by atoms with E-state index in [-0.39, 0.29) is 5.91 Å². The number of benzene rings is 2. The summed E-state index contributed by atoms with van der Waals surface area (Å²) in [6.07, 6.45) is 0. The lowest BCUT2D eigenvalue weighted by molar-refractivity contribution is 0.0784. The van der Waals surface area contributed by atoms with E-state index in [1.807, 2.05) is 37.3 Å². The molecule has 0 heterocycles. The molecule has 0 N–H and O–H groups in total. The van der Waals surface area contributed by atoms with Gasteiger partial charge in [0.15, 0.2) is 0 Å². The Morgan fingerprint density at radius 1 is 1.24 bits per heavy atom. The average Bonchev–Trinajstić information content (AvgIpc) is 2.50. The maximum absolute atomic E-state index is 12.5. The van der Waals surface area contributed by atoms with Crippen molar-refractivity contribution in [1.82, 2.24) is 4.90 Å². The van der Waals surface area contributed by atoms with E-state index in [9.17, 15) is 4.79 Å². The normalized spacial score (nSPS) is 10.0. The third-order valence-electron chi connectivity index (χ3n) is 3.27. The Morgan fingerprint density at radius 3 is 2.52 bits per heavy atom. The molecule has 0 atom stereocenters. The molecule has 0 saturated heterocycles. The van der Waals surface area contributed by atoms with Crippen LogP contribution < -0.4 is 0 Å². The zero-order chi connectivity index (χ0) is 15.4. The molecule has 0 radical (unpaired) electrons. The van der Waals surface area contributed by atoms with Crippen LogP contribution in [0.5, 0.6) is 0 Å². The first-order valence-corrected chi connectivity index (χ1v) is 7.32. The average molecular weight is 343 g/mol. The minimum atomic E-state index is -0.0325. The Bertz CT molecular complexity index is 702. The Balaban J connectivity index is 2.15. The first kappa shape index (κ1) is 15.3. The lowest BCUT2D eigenvalue weighted by Gasteiger charge is -2.18. The van der Waals surface area contributed by atoms with Crippen molar-refractivity contribution >= 4 is 21.8 Å². The van der Waals surface area contributed by atoms with E-state index < -0.39 is 0 Å². The van der Waals surface area contributed by atoms with Gasteiger partial charge in [0.2, 0.25) is 0 Å². The van der Waals surface area contributed by atoms with Gasteiger partial charge in [-0.05, 0) is 52.2 Å². The van der Waals surface area contributed by atoms with Gasteiger partial charge in [-0.25, -0.2) is 0 Å². The van der Waals surface area contributed by atoms with E-state index in [1.165, 1.54) is 0 Å². The van der Waals surface area contributed by atoms with Gasteiger partial charge in [0.1, 0.15) is 0 Å². The summed E-state index contributed by atoms with van der Waals surface area (Å²) >= 11 is 3.47. The van der Waals surface area contributed by atoms with Crippen molar-refractivity contribution in [1.29, 1.82) is 5.26 Å². The number of nitriles is 1. The first-order valence-electron chi connectivity index (χ1n) is 6.52. The molecule has 0 unspecified atom stereocenters. The predicted molar refractivity (Wildman–Crippen MR) is 85.8 cm³/mol. The smallest absolute Gasteiger partial charge is 0.255 e. The van der Waals surface area contributed by atoms with Crippen molar-refractivity contribution in [3.8, 4) is 6.07 Å². The summed E-state index contributed by atoms with van der Waals surface area (Å²) in [6, 6.07) is 15.0. The van der Waals surface area contributed by atoms with E-state index in [0.29, 0.717) is 17.7 Å². The van der Waals surface area contributed by atoms with Crippen LogP contribution >= 0.6 is 15.9 Å². The third kappa shape index (κ3) is 3.50. The molecule has 2 rings (SSSR count). The van der Waals surface area contributed by atoms with Gasteiger partial charge >= 0.3 is 0 Å². The number of rotatable bonds is 3. The zero-order valence-corrected chi connectivity index (χ0v) is 13.5. The van der Waals surface area contributed by atoms with Gasteiger partial charge in [0.05, 0.1) is 17.2 Å². The molecule has 0 aliphatic rings. The molecule has 21 heavy (non-hydrogen) atoms. The topological polar surface area (TPSA) is 44.1 Å². The second-order valence-electron chi connectivity index (χ2n) is 4.91. The molecule has 0 aliphatic carbocycles. The lowest BCUT2D eigenvalue weighted by atomic mass is 10.1. The quantitative estimate of drug-likeness (QED) is 0.848. The fourth-order valence-electron chi connectivity index (χ4n) is 2.05. The Morgan fingerprint density at radius 2 is 1.90 bits per heavy atom. The monoisotopic (exact) mass is 342 g/mol. The summed E-state index contributed by atoms with van der Waals surface area (Å²) in [5.74, 6) is -0.0325. The van der Waals surface area contributed by atoms with Crippen LogP contribution in [0, 0.1) is 18.3 Å². The summed E-state index contributed by atoms with van der Waals surface area (Å²) < 4.78 is 0.835. The second kappa shape index (κ2) is 6.55. The summed E-state index contributed by atoms with van der Waals surface area (Å²) in [4.78, 5) is 14.2. The number of carbonyl (C=O) groups is 1. The zero-order valence-electron chi connectivity index (χ0n) is 11.9. The highest BCUT2D eigenvalue weighted by atomic mass is 79.9.